The number of rotatable bonds is 8. The number of hydrogen-bond donors (Lipinski definition) is 4. The average molecular weight is 508 g/mol. The SMILES string of the molecule is COc1cc2c(cc1Nc1ncc(Cl)c(N[C@@H]3CCCC[C@@H]3CNS(=O)[O-])n1)CCNC(=O)C2. The standard InChI is InChI=1S/C22H29ClN6O4S/c1-33-19-9-15-10-20(30)24-7-6-13(15)8-18(19)28-22-25-12-16(23)21(29-22)27-17-5-3-2-4-14(17)11-26-34(31)32/h8-9,12,14,17,26H,2-7,10-11H2,1H3,(H,24,30)(H,31,32)(H2,25,27,28,29)/p-1/t14-,17-/m1/s1. The van der Waals surface area contributed by atoms with E-state index in [4.69, 9.17) is 16.3 Å². The van der Waals surface area contributed by atoms with Crippen molar-refractivity contribution in [1.82, 2.24) is 20.0 Å². The summed E-state index contributed by atoms with van der Waals surface area (Å²) in [5.74, 6) is 1.55. The number of anilines is 3. The first-order valence-corrected chi connectivity index (χ1v) is 12.7. The Morgan fingerprint density at radius 1 is 1.29 bits per heavy atom. The van der Waals surface area contributed by atoms with Gasteiger partial charge in [0, 0.05) is 30.4 Å². The fourth-order valence-corrected chi connectivity index (χ4v) is 5.04. The lowest BCUT2D eigenvalue weighted by molar-refractivity contribution is -0.120. The van der Waals surface area contributed by atoms with E-state index in [-0.39, 0.29) is 17.9 Å². The number of fused-ring (bicyclic) bond motifs is 1. The second kappa shape index (κ2) is 11.3. The molecule has 0 bridgehead atoms. The number of hydrogen-bond acceptors (Lipinski definition) is 8. The fraction of sp³-hybridized carbons (Fsp3) is 0.500. The molecule has 10 nitrogen and oxygen atoms in total. The Hall–Kier alpha value is -2.47. The van der Waals surface area contributed by atoms with E-state index in [2.05, 4.69) is 30.6 Å². The van der Waals surface area contributed by atoms with Crippen molar-refractivity contribution >= 4 is 46.2 Å². The summed E-state index contributed by atoms with van der Waals surface area (Å²) >= 11 is 4.09. The van der Waals surface area contributed by atoms with Crippen molar-refractivity contribution in [2.45, 2.75) is 44.6 Å². The van der Waals surface area contributed by atoms with Gasteiger partial charge in [-0.2, -0.15) is 4.98 Å². The van der Waals surface area contributed by atoms with Crippen molar-refractivity contribution in [2.75, 3.05) is 30.8 Å². The van der Waals surface area contributed by atoms with E-state index < -0.39 is 11.3 Å². The summed E-state index contributed by atoms with van der Waals surface area (Å²) in [6.45, 7) is 0.950. The van der Waals surface area contributed by atoms with Crippen LogP contribution in [0.2, 0.25) is 5.02 Å². The molecule has 0 radical (unpaired) electrons. The number of amides is 1. The number of nitrogens with zero attached hydrogens (tertiary/aromatic N) is 2. The molecule has 3 atom stereocenters. The van der Waals surface area contributed by atoms with Gasteiger partial charge in [-0.15, -0.1) is 0 Å². The summed E-state index contributed by atoms with van der Waals surface area (Å²) in [5.41, 5.74) is 2.69. The van der Waals surface area contributed by atoms with Crippen molar-refractivity contribution in [3.63, 3.8) is 0 Å². The van der Waals surface area contributed by atoms with Crippen LogP contribution in [0, 0.1) is 5.92 Å². The molecule has 1 unspecified atom stereocenters. The summed E-state index contributed by atoms with van der Waals surface area (Å²) in [7, 11) is 1.57. The molecule has 1 aromatic carbocycles. The molecular formula is C22H28ClN6O4S-. The molecule has 34 heavy (non-hydrogen) atoms. The first-order chi connectivity index (χ1) is 16.4. The van der Waals surface area contributed by atoms with Gasteiger partial charge in [0.25, 0.3) is 0 Å². The Morgan fingerprint density at radius 3 is 2.91 bits per heavy atom. The van der Waals surface area contributed by atoms with Gasteiger partial charge in [0.2, 0.25) is 11.9 Å². The van der Waals surface area contributed by atoms with Crippen LogP contribution in [0.25, 0.3) is 0 Å². The molecule has 1 fully saturated rings. The van der Waals surface area contributed by atoms with Crippen LogP contribution >= 0.6 is 11.6 Å². The van der Waals surface area contributed by atoms with Gasteiger partial charge < -0.3 is 25.2 Å². The smallest absolute Gasteiger partial charge is 0.229 e. The van der Waals surface area contributed by atoms with Crippen LogP contribution in [0.4, 0.5) is 17.5 Å². The number of carbonyl (C=O) groups excluding carboxylic acids is 1. The molecular weight excluding hydrogens is 480 g/mol. The van der Waals surface area contributed by atoms with E-state index in [1.165, 1.54) is 6.20 Å². The van der Waals surface area contributed by atoms with Crippen molar-refractivity contribution in [1.29, 1.82) is 0 Å². The van der Waals surface area contributed by atoms with E-state index in [1.807, 2.05) is 12.1 Å². The van der Waals surface area contributed by atoms with Gasteiger partial charge in [0.15, 0.2) is 5.82 Å². The number of aromatic nitrogens is 2. The average Bonchev–Trinajstić information content (AvgIpc) is 3.00. The summed E-state index contributed by atoms with van der Waals surface area (Å²) in [4.78, 5) is 20.8. The quantitative estimate of drug-likeness (QED) is 0.399. The van der Waals surface area contributed by atoms with Gasteiger partial charge in [-0.05, 0) is 48.4 Å². The predicted molar refractivity (Wildman–Crippen MR) is 130 cm³/mol. The first kappa shape index (κ1) is 24.6. The van der Waals surface area contributed by atoms with Crippen molar-refractivity contribution in [2.24, 2.45) is 5.92 Å². The number of halogens is 1. The largest absolute Gasteiger partial charge is 0.760 e. The van der Waals surface area contributed by atoms with Crippen molar-refractivity contribution in [3.05, 3.63) is 34.5 Å². The molecule has 1 amide bonds. The number of methoxy groups -OCH3 is 1. The number of nitrogens with one attached hydrogen (secondary N) is 4. The van der Waals surface area contributed by atoms with Gasteiger partial charge in [0.05, 0.1) is 25.4 Å². The van der Waals surface area contributed by atoms with Crippen LogP contribution in [-0.2, 0) is 28.9 Å². The Bertz CT molecular complexity index is 1070. The third kappa shape index (κ3) is 6.15. The zero-order valence-electron chi connectivity index (χ0n) is 18.9. The molecule has 2 aliphatic rings. The molecule has 1 saturated carbocycles. The molecule has 1 aliphatic carbocycles. The molecule has 0 saturated heterocycles. The minimum absolute atomic E-state index is 0.00373. The third-order valence-electron chi connectivity index (χ3n) is 6.27. The van der Waals surface area contributed by atoms with E-state index in [0.717, 1.165) is 43.2 Å². The highest BCUT2D eigenvalue weighted by atomic mass is 35.5. The monoisotopic (exact) mass is 507 g/mol. The van der Waals surface area contributed by atoms with Gasteiger partial charge >= 0.3 is 0 Å². The molecule has 12 heteroatoms. The number of carbonyl (C=O) groups is 1. The van der Waals surface area contributed by atoms with Crippen molar-refractivity contribution in [3.8, 4) is 5.75 Å². The van der Waals surface area contributed by atoms with Crippen molar-refractivity contribution < 1.29 is 18.3 Å². The first-order valence-electron chi connectivity index (χ1n) is 11.3. The molecule has 2 aromatic rings. The normalized spacial score (nSPS) is 21.1. The van der Waals surface area contributed by atoms with E-state index in [1.54, 1.807) is 7.11 Å². The minimum atomic E-state index is -2.29. The van der Waals surface area contributed by atoms with Gasteiger partial charge in [0.1, 0.15) is 10.8 Å². The lowest BCUT2D eigenvalue weighted by atomic mass is 9.84. The van der Waals surface area contributed by atoms with E-state index >= 15 is 0 Å². The minimum Gasteiger partial charge on any atom is -0.760 e. The Kier molecular flexibility index (Phi) is 8.19. The summed E-state index contributed by atoms with van der Waals surface area (Å²) in [6.07, 6.45) is 6.48. The van der Waals surface area contributed by atoms with Crippen LogP contribution in [0.5, 0.6) is 5.75 Å². The Morgan fingerprint density at radius 2 is 2.12 bits per heavy atom. The number of benzene rings is 1. The van der Waals surface area contributed by atoms with Crippen LogP contribution in [0.3, 0.4) is 0 Å². The summed E-state index contributed by atoms with van der Waals surface area (Å²) in [5, 5.41) is 9.88. The van der Waals surface area contributed by atoms with Crippen LogP contribution < -0.4 is 25.4 Å². The van der Waals surface area contributed by atoms with Crippen LogP contribution in [0.15, 0.2) is 18.3 Å². The molecule has 4 rings (SSSR count). The molecule has 0 spiro atoms. The second-order valence-electron chi connectivity index (χ2n) is 8.49. The van der Waals surface area contributed by atoms with E-state index in [0.29, 0.717) is 47.7 Å². The topological polar surface area (TPSA) is 140 Å². The molecule has 1 aromatic heterocycles. The highest BCUT2D eigenvalue weighted by Crippen LogP contribution is 2.33. The molecule has 1 aliphatic heterocycles. The Balaban J connectivity index is 1.54. The van der Waals surface area contributed by atoms with Crippen LogP contribution in [-0.4, -0.2) is 50.9 Å². The highest BCUT2D eigenvalue weighted by molar-refractivity contribution is 7.77. The predicted octanol–water partition coefficient (Wildman–Crippen LogP) is 2.45. The van der Waals surface area contributed by atoms with Gasteiger partial charge in [-0.3, -0.25) is 9.00 Å². The zero-order chi connectivity index (χ0) is 24.1. The lowest BCUT2D eigenvalue weighted by Gasteiger charge is -2.33. The van der Waals surface area contributed by atoms with Crippen LogP contribution in [0.1, 0.15) is 36.8 Å². The highest BCUT2D eigenvalue weighted by Gasteiger charge is 2.26. The lowest BCUT2D eigenvalue weighted by Crippen LogP contribution is -2.39. The second-order valence-corrected chi connectivity index (χ2v) is 9.66. The molecule has 4 N–H and O–H groups in total. The molecule has 184 valence electrons. The van der Waals surface area contributed by atoms with E-state index in [9.17, 15) is 13.6 Å². The molecule has 2 heterocycles. The third-order valence-corrected chi connectivity index (χ3v) is 6.95. The maximum Gasteiger partial charge on any atom is 0.229 e. The van der Waals surface area contributed by atoms with Gasteiger partial charge in [-0.25, -0.2) is 9.71 Å². The maximum absolute atomic E-state index is 11.9. The zero-order valence-corrected chi connectivity index (χ0v) is 20.4. The van der Waals surface area contributed by atoms with Gasteiger partial charge in [-0.1, -0.05) is 24.4 Å². The summed E-state index contributed by atoms with van der Waals surface area (Å²) < 4.78 is 29.9. The maximum atomic E-state index is 11.9. The number of ether oxygens (including phenoxy) is 1. The fourth-order valence-electron chi connectivity index (χ4n) is 4.54. The summed E-state index contributed by atoms with van der Waals surface area (Å²) in [6, 6.07) is 3.87. The Labute approximate surface area is 206 Å².